The van der Waals surface area contributed by atoms with Crippen LogP contribution in [0.15, 0.2) is 35.1 Å². The van der Waals surface area contributed by atoms with E-state index in [0.717, 1.165) is 23.2 Å². The van der Waals surface area contributed by atoms with Crippen molar-refractivity contribution in [3.05, 3.63) is 57.4 Å². The van der Waals surface area contributed by atoms with Crippen LogP contribution in [0.1, 0.15) is 30.0 Å². The van der Waals surface area contributed by atoms with E-state index in [1.165, 1.54) is 5.56 Å². The molecule has 4 heteroatoms. The third-order valence-electron chi connectivity index (χ3n) is 3.57. The van der Waals surface area contributed by atoms with Gasteiger partial charge < -0.3 is 10.3 Å². The Morgan fingerprint density at radius 2 is 1.95 bits per heavy atom. The molecule has 1 aromatic heterocycles. The first-order valence-electron chi connectivity index (χ1n) is 7.11. The number of nitrogens with two attached hydrogens (primary N) is 1. The van der Waals surface area contributed by atoms with Gasteiger partial charge in [-0.1, -0.05) is 30.7 Å². The Balaban J connectivity index is 2.71. The molecule has 0 aliphatic carbocycles. The summed E-state index contributed by atoms with van der Waals surface area (Å²) >= 11 is 0. The quantitative estimate of drug-likeness (QED) is 0.669. The number of rotatable bonds is 4. The molecule has 2 rings (SSSR count). The zero-order valence-corrected chi connectivity index (χ0v) is 12.7. The molecule has 0 spiro atoms. The molecule has 21 heavy (non-hydrogen) atoms. The summed E-state index contributed by atoms with van der Waals surface area (Å²) in [6, 6.07) is 9.72. The molecule has 0 fully saturated rings. The first-order chi connectivity index (χ1) is 9.95. The number of hydrogen-bond acceptors (Lipinski definition) is 2. The van der Waals surface area contributed by atoms with Crippen molar-refractivity contribution in [2.45, 2.75) is 33.7 Å². The second-order valence-corrected chi connectivity index (χ2v) is 5.32. The molecule has 0 unspecified atom stereocenters. The van der Waals surface area contributed by atoms with E-state index in [0.29, 0.717) is 6.54 Å². The maximum Gasteiger partial charge on any atom is 0.262 e. The van der Waals surface area contributed by atoms with E-state index in [9.17, 15) is 4.79 Å². The summed E-state index contributed by atoms with van der Waals surface area (Å²) in [5, 5.41) is 7.51. The number of hydrogen-bond donors (Lipinski definition) is 2. The third kappa shape index (κ3) is 2.89. The van der Waals surface area contributed by atoms with Gasteiger partial charge in [0.1, 0.15) is 5.84 Å². The average Bonchev–Trinajstić information content (AvgIpc) is 2.41. The van der Waals surface area contributed by atoms with Crippen LogP contribution < -0.4 is 11.3 Å². The molecule has 0 aliphatic heterocycles. The van der Waals surface area contributed by atoms with Crippen LogP contribution in [0.2, 0.25) is 0 Å². The van der Waals surface area contributed by atoms with Crippen LogP contribution in [0.4, 0.5) is 0 Å². The average molecular weight is 283 g/mol. The van der Waals surface area contributed by atoms with Gasteiger partial charge in [-0.2, -0.15) is 0 Å². The number of nitrogens with zero attached hydrogens (tertiary/aromatic N) is 1. The molecule has 1 aromatic carbocycles. The zero-order chi connectivity index (χ0) is 15.6. The van der Waals surface area contributed by atoms with Crippen LogP contribution in [-0.2, 0) is 6.54 Å². The highest BCUT2D eigenvalue weighted by Crippen LogP contribution is 2.23. The largest absolute Gasteiger partial charge is 0.384 e. The van der Waals surface area contributed by atoms with Gasteiger partial charge in [-0.25, -0.2) is 0 Å². The highest BCUT2D eigenvalue weighted by Gasteiger charge is 2.13. The number of aromatic nitrogens is 1. The van der Waals surface area contributed by atoms with Crippen molar-refractivity contribution in [3.8, 4) is 11.3 Å². The fourth-order valence-electron chi connectivity index (χ4n) is 2.57. The maximum absolute atomic E-state index is 12.5. The number of amidine groups is 1. The molecule has 0 saturated carbocycles. The summed E-state index contributed by atoms with van der Waals surface area (Å²) < 4.78 is 1.72. The fourth-order valence-corrected chi connectivity index (χ4v) is 2.57. The van der Waals surface area contributed by atoms with E-state index in [4.69, 9.17) is 11.1 Å². The van der Waals surface area contributed by atoms with Crippen LogP contribution in [0, 0.1) is 19.3 Å². The molecule has 0 bridgehead atoms. The van der Waals surface area contributed by atoms with Crippen LogP contribution in [-0.4, -0.2) is 10.4 Å². The van der Waals surface area contributed by atoms with Crippen molar-refractivity contribution in [3.63, 3.8) is 0 Å². The monoisotopic (exact) mass is 283 g/mol. The van der Waals surface area contributed by atoms with Crippen molar-refractivity contribution in [1.29, 1.82) is 5.41 Å². The molecular formula is C17H21N3O. The van der Waals surface area contributed by atoms with E-state index >= 15 is 0 Å². The second-order valence-electron chi connectivity index (χ2n) is 5.32. The summed E-state index contributed by atoms with van der Waals surface area (Å²) in [4.78, 5) is 12.5. The Morgan fingerprint density at radius 3 is 2.52 bits per heavy atom. The highest BCUT2D eigenvalue weighted by molar-refractivity contribution is 5.94. The predicted molar refractivity (Wildman–Crippen MR) is 86.9 cm³/mol. The summed E-state index contributed by atoms with van der Waals surface area (Å²) in [6.07, 6.45) is 0.846. The Kier molecular flexibility index (Phi) is 4.26. The van der Waals surface area contributed by atoms with E-state index in [1.54, 1.807) is 10.6 Å². The molecule has 1 heterocycles. The molecule has 0 aliphatic rings. The van der Waals surface area contributed by atoms with Gasteiger partial charge in [-0.15, -0.1) is 0 Å². The van der Waals surface area contributed by atoms with Crippen molar-refractivity contribution in [2.24, 2.45) is 5.73 Å². The Hall–Kier alpha value is -2.36. The summed E-state index contributed by atoms with van der Waals surface area (Å²) in [7, 11) is 0. The number of pyridine rings is 1. The first kappa shape index (κ1) is 15.0. The van der Waals surface area contributed by atoms with E-state index in [1.807, 2.05) is 32.0 Å². The van der Waals surface area contributed by atoms with Crippen LogP contribution >= 0.6 is 0 Å². The minimum absolute atomic E-state index is 0.183. The lowest BCUT2D eigenvalue weighted by molar-refractivity contribution is 0.659. The Bertz CT molecular complexity index is 744. The number of nitrogens with one attached hydrogen (secondary N) is 1. The van der Waals surface area contributed by atoms with E-state index < -0.39 is 0 Å². The summed E-state index contributed by atoms with van der Waals surface area (Å²) in [6.45, 7) is 6.73. The lowest BCUT2D eigenvalue weighted by Gasteiger charge is -2.16. The lowest BCUT2D eigenvalue weighted by atomic mass is 10.0. The zero-order valence-electron chi connectivity index (χ0n) is 12.7. The van der Waals surface area contributed by atoms with Gasteiger partial charge in [-0.05, 0) is 38.0 Å². The topological polar surface area (TPSA) is 71.9 Å². The van der Waals surface area contributed by atoms with Crippen LogP contribution in [0.5, 0.6) is 0 Å². The Morgan fingerprint density at radius 1 is 1.24 bits per heavy atom. The van der Waals surface area contributed by atoms with Gasteiger partial charge in [0, 0.05) is 12.1 Å². The van der Waals surface area contributed by atoms with Gasteiger partial charge in [0.05, 0.1) is 11.3 Å². The molecule has 2 aromatic rings. The molecular weight excluding hydrogens is 262 g/mol. The Labute approximate surface area is 124 Å². The minimum atomic E-state index is -0.193. The van der Waals surface area contributed by atoms with Crippen molar-refractivity contribution >= 4 is 5.84 Å². The van der Waals surface area contributed by atoms with Crippen LogP contribution in [0.3, 0.4) is 0 Å². The molecule has 3 N–H and O–H groups in total. The lowest BCUT2D eigenvalue weighted by Crippen LogP contribution is -2.30. The van der Waals surface area contributed by atoms with Crippen LogP contribution in [0.25, 0.3) is 11.3 Å². The highest BCUT2D eigenvalue weighted by atomic mass is 16.1. The van der Waals surface area contributed by atoms with Gasteiger partial charge in [0.2, 0.25) is 0 Å². The molecule has 0 saturated heterocycles. The van der Waals surface area contributed by atoms with Crippen molar-refractivity contribution < 1.29 is 0 Å². The smallest absolute Gasteiger partial charge is 0.262 e. The van der Waals surface area contributed by atoms with Gasteiger partial charge in [-0.3, -0.25) is 10.2 Å². The molecule has 110 valence electrons. The minimum Gasteiger partial charge on any atom is -0.384 e. The first-order valence-corrected chi connectivity index (χ1v) is 7.11. The summed E-state index contributed by atoms with van der Waals surface area (Å²) in [5.41, 5.74) is 9.81. The summed E-state index contributed by atoms with van der Waals surface area (Å²) in [5.74, 6) is -0.183. The van der Waals surface area contributed by atoms with E-state index in [-0.39, 0.29) is 17.0 Å². The SMILES string of the molecule is CCCn1c(-c2ccc(C)cc2C)ccc(C(=N)N)c1=O. The molecule has 0 radical (unpaired) electrons. The fraction of sp³-hybridized carbons (Fsp3) is 0.294. The number of benzene rings is 1. The second kappa shape index (κ2) is 5.95. The number of nitrogen functional groups attached to an aromatic ring is 1. The van der Waals surface area contributed by atoms with E-state index in [2.05, 4.69) is 13.0 Å². The standard InChI is InChI=1S/C17H21N3O/c1-4-9-20-15(8-7-14(16(18)19)17(20)21)13-6-5-11(2)10-12(13)3/h5-8,10H,4,9H2,1-3H3,(H3,18,19). The van der Waals surface area contributed by atoms with Gasteiger partial charge in [0.25, 0.3) is 5.56 Å². The number of aryl methyl sites for hydroxylation is 2. The third-order valence-corrected chi connectivity index (χ3v) is 3.57. The van der Waals surface area contributed by atoms with Gasteiger partial charge in [0.15, 0.2) is 0 Å². The molecule has 0 atom stereocenters. The molecule has 0 amide bonds. The molecule has 4 nitrogen and oxygen atoms in total. The predicted octanol–water partition coefficient (Wildman–Crippen LogP) is 2.83. The van der Waals surface area contributed by atoms with Gasteiger partial charge >= 0.3 is 0 Å². The normalized spacial score (nSPS) is 10.6. The maximum atomic E-state index is 12.5. The van der Waals surface area contributed by atoms with Crippen molar-refractivity contribution in [1.82, 2.24) is 4.57 Å². The van der Waals surface area contributed by atoms with Crippen molar-refractivity contribution in [2.75, 3.05) is 0 Å².